The van der Waals surface area contributed by atoms with E-state index in [2.05, 4.69) is 10.5 Å². The molecule has 3 rings (SSSR count). The van der Waals surface area contributed by atoms with Gasteiger partial charge in [-0.05, 0) is 41.3 Å². The second kappa shape index (κ2) is 8.26. The van der Waals surface area contributed by atoms with Crippen molar-refractivity contribution >= 4 is 23.5 Å². The van der Waals surface area contributed by atoms with E-state index in [1.807, 2.05) is 41.8 Å². The van der Waals surface area contributed by atoms with E-state index >= 15 is 0 Å². The summed E-state index contributed by atoms with van der Waals surface area (Å²) < 4.78 is 6.61. The van der Waals surface area contributed by atoms with Gasteiger partial charge in [0.1, 0.15) is 11.3 Å². The van der Waals surface area contributed by atoms with Gasteiger partial charge in [-0.1, -0.05) is 18.2 Å². The Morgan fingerprint density at radius 1 is 1.23 bits per heavy atom. The lowest BCUT2D eigenvalue weighted by atomic mass is 10.2. The van der Waals surface area contributed by atoms with Crippen LogP contribution < -0.4 is 15.7 Å². The number of thiophene rings is 1. The lowest BCUT2D eigenvalue weighted by Crippen LogP contribution is -2.30. The normalized spacial score (nSPS) is 10.8. The van der Waals surface area contributed by atoms with E-state index in [0.29, 0.717) is 6.54 Å². The highest BCUT2D eigenvalue weighted by molar-refractivity contribution is 7.11. The predicted octanol–water partition coefficient (Wildman–Crippen LogP) is 2.73. The number of methoxy groups -OCH3 is 1. The van der Waals surface area contributed by atoms with Gasteiger partial charge in [0.15, 0.2) is 0 Å². The molecule has 0 radical (unpaired) electrons. The highest BCUT2D eigenvalue weighted by atomic mass is 32.1. The van der Waals surface area contributed by atoms with Crippen LogP contribution in [0.25, 0.3) is 0 Å². The van der Waals surface area contributed by atoms with Crippen molar-refractivity contribution in [3.05, 3.63) is 86.5 Å². The molecule has 0 aliphatic heterocycles. The average Bonchev–Trinajstić information content (AvgIpc) is 3.17. The highest BCUT2D eigenvalue weighted by Gasteiger charge is 2.11. The fourth-order valence-corrected chi connectivity index (χ4v) is 2.93. The summed E-state index contributed by atoms with van der Waals surface area (Å²) in [6.45, 7) is 0.364. The van der Waals surface area contributed by atoms with Crippen molar-refractivity contribution in [2.45, 2.75) is 6.54 Å². The second-order valence-corrected chi connectivity index (χ2v) is 6.40. The largest absolute Gasteiger partial charge is 0.497 e. The summed E-state index contributed by atoms with van der Waals surface area (Å²) in [4.78, 5) is 25.7. The summed E-state index contributed by atoms with van der Waals surface area (Å²) in [6.07, 6.45) is 3.19. The topological polar surface area (TPSA) is 72.7 Å². The van der Waals surface area contributed by atoms with Crippen LogP contribution in [0.3, 0.4) is 0 Å². The summed E-state index contributed by atoms with van der Waals surface area (Å²) in [7, 11) is 1.60. The van der Waals surface area contributed by atoms with Gasteiger partial charge in [0, 0.05) is 11.1 Å². The Morgan fingerprint density at radius 2 is 2.04 bits per heavy atom. The van der Waals surface area contributed by atoms with E-state index in [0.717, 1.165) is 16.2 Å². The minimum atomic E-state index is -0.535. The van der Waals surface area contributed by atoms with Gasteiger partial charge in [-0.25, -0.2) is 5.43 Å². The quantitative estimate of drug-likeness (QED) is 0.538. The summed E-state index contributed by atoms with van der Waals surface area (Å²) in [5.74, 6) is 0.213. The van der Waals surface area contributed by atoms with Crippen LogP contribution in [0, 0.1) is 0 Å². The number of carbonyl (C=O) groups is 1. The van der Waals surface area contributed by atoms with Crippen molar-refractivity contribution in [1.29, 1.82) is 0 Å². The van der Waals surface area contributed by atoms with Crippen LogP contribution in [-0.4, -0.2) is 23.8 Å². The lowest BCUT2D eigenvalue weighted by molar-refractivity contribution is 0.0953. The van der Waals surface area contributed by atoms with E-state index in [-0.39, 0.29) is 11.1 Å². The summed E-state index contributed by atoms with van der Waals surface area (Å²) >= 11 is 1.50. The maximum absolute atomic E-state index is 12.6. The number of pyridine rings is 1. The molecular weight excluding hydrogens is 350 g/mol. The van der Waals surface area contributed by atoms with Crippen LogP contribution in [0.2, 0.25) is 0 Å². The molecular formula is C19H17N3O3S. The number of amides is 1. The fourth-order valence-electron chi connectivity index (χ4n) is 2.34. The highest BCUT2D eigenvalue weighted by Crippen LogP contribution is 2.12. The number of hydrazone groups is 1. The van der Waals surface area contributed by atoms with Crippen molar-refractivity contribution in [3.8, 4) is 5.75 Å². The number of carbonyl (C=O) groups excluding carboxylic acids is 1. The Hall–Kier alpha value is -3.19. The summed E-state index contributed by atoms with van der Waals surface area (Å²) in [5.41, 5.74) is 3.00. The van der Waals surface area contributed by atoms with Crippen molar-refractivity contribution in [1.82, 2.24) is 9.99 Å². The molecule has 132 valence electrons. The van der Waals surface area contributed by atoms with E-state index in [1.165, 1.54) is 22.0 Å². The fraction of sp³-hybridized carbons (Fsp3) is 0.105. The summed E-state index contributed by atoms with van der Waals surface area (Å²) in [6, 6.07) is 14.3. The zero-order valence-corrected chi connectivity index (χ0v) is 14.9. The monoisotopic (exact) mass is 367 g/mol. The smallest absolute Gasteiger partial charge is 0.276 e. The molecule has 0 saturated heterocycles. The molecule has 1 N–H and O–H groups in total. The number of hydrogen-bond donors (Lipinski definition) is 1. The van der Waals surface area contributed by atoms with E-state index in [9.17, 15) is 9.59 Å². The number of ether oxygens (including phenoxy) is 1. The van der Waals surface area contributed by atoms with Crippen LogP contribution in [0.5, 0.6) is 5.75 Å². The van der Waals surface area contributed by atoms with Gasteiger partial charge in [-0.3, -0.25) is 9.59 Å². The third-order valence-electron chi connectivity index (χ3n) is 3.68. The Balaban J connectivity index is 1.73. The third-order valence-corrected chi connectivity index (χ3v) is 4.48. The molecule has 0 fully saturated rings. The predicted molar refractivity (Wildman–Crippen MR) is 102 cm³/mol. The van der Waals surface area contributed by atoms with Crippen molar-refractivity contribution < 1.29 is 9.53 Å². The Kier molecular flexibility index (Phi) is 5.60. The molecule has 1 aromatic carbocycles. The second-order valence-electron chi connectivity index (χ2n) is 5.42. The maximum Gasteiger partial charge on any atom is 0.276 e. The number of aromatic nitrogens is 1. The first-order chi connectivity index (χ1) is 12.7. The zero-order valence-electron chi connectivity index (χ0n) is 14.1. The standard InChI is InChI=1S/C19H17N3O3S/c1-25-15-8-6-14(7-9-15)13-22-10-2-5-17(19(22)24)18(23)21-20-12-16-4-3-11-26-16/h2-12H,13H2,1H3,(H,21,23)/b20-12-. The molecule has 0 bridgehead atoms. The molecule has 26 heavy (non-hydrogen) atoms. The molecule has 0 spiro atoms. The van der Waals surface area contributed by atoms with Gasteiger partial charge >= 0.3 is 0 Å². The number of nitrogens with zero attached hydrogens (tertiary/aromatic N) is 2. The molecule has 0 atom stereocenters. The number of hydrogen-bond acceptors (Lipinski definition) is 5. The molecule has 0 aliphatic carbocycles. The Morgan fingerprint density at radius 3 is 2.73 bits per heavy atom. The molecule has 0 saturated carbocycles. The van der Waals surface area contributed by atoms with Gasteiger partial charge < -0.3 is 9.30 Å². The van der Waals surface area contributed by atoms with E-state index in [4.69, 9.17) is 4.74 Å². The minimum Gasteiger partial charge on any atom is -0.497 e. The molecule has 7 heteroatoms. The molecule has 0 unspecified atom stereocenters. The van der Waals surface area contributed by atoms with Gasteiger partial charge in [0.25, 0.3) is 11.5 Å². The minimum absolute atomic E-state index is 0.0457. The van der Waals surface area contributed by atoms with Crippen LogP contribution in [0.15, 0.2) is 70.0 Å². The third kappa shape index (κ3) is 4.25. The van der Waals surface area contributed by atoms with Crippen LogP contribution in [0.1, 0.15) is 20.8 Å². The number of benzene rings is 1. The van der Waals surface area contributed by atoms with Crippen molar-refractivity contribution in [2.24, 2.45) is 5.10 Å². The van der Waals surface area contributed by atoms with Crippen LogP contribution in [-0.2, 0) is 6.54 Å². The van der Waals surface area contributed by atoms with Crippen LogP contribution >= 0.6 is 11.3 Å². The first-order valence-electron chi connectivity index (χ1n) is 7.86. The molecule has 0 aliphatic rings. The molecule has 2 heterocycles. The molecule has 2 aromatic heterocycles. The number of nitrogens with one attached hydrogen (secondary N) is 1. The van der Waals surface area contributed by atoms with Crippen molar-refractivity contribution in [2.75, 3.05) is 7.11 Å². The first kappa shape index (κ1) is 17.6. The molecule has 3 aromatic rings. The van der Waals surface area contributed by atoms with Gasteiger partial charge in [0.2, 0.25) is 0 Å². The molecule has 1 amide bonds. The zero-order chi connectivity index (χ0) is 18.4. The van der Waals surface area contributed by atoms with E-state index in [1.54, 1.807) is 25.6 Å². The summed E-state index contributed by atoms with van der Waals surface area (Å²) in [5, 5.41) is 5.80. The van der Waals surface area contributed by atoms with Gasteiger partial charge in [-0.2, -0.15) is 5.10 Å². The van der Waals surface area contributed by atoms with Gasteiger partial charge in [-0.15, -0.1) is 11.3 Å². The number of rotatable bonds is 6. The Bertz CT molecular complexity index is 960. The Labute approximate surface area is 154 Å². The first-order valence-corrected chi connectivity index (χ1v) is 8.74. The average molecular weight is 367 g/mol. The van der Waals surface area contributed by atoms with E-state index < -0.39 is 5.91 Å². The SMILES string of the molecule is COc1ccc(Cn2cccc(C(=O)N/N=C\c3cccs3)c2=O)cc1. The van der Waals surface area contributed by atoms with Crippen LogP contribution in [0.4, 0.5) is 0 Å². The molecule has 6 nitrogen and oxygen atoms in total. The maximum atomic E-state index is 12.6. The van der Waals surface area contributed by atoms with Crippen molar-refractivity contribution in [3.63, 3.8) is 0 Å². The van der Waals surface area contributed by atoms with Gasteiger partial charge in [0.05, 0.1) is 19.9 Å². The lowest BCUT2D eigenvalue weighted by Gasteiger charge is -2.08.